The first-order valence-electron chi connectivity index (χ1n) is 6.75. The number of carbonyl (C=O) groups excluding carboxylic acids is 1. The molecule has 110 valence electrons. The number of benzene rings is 1. The highest BCUT2D eigenvalue weighted by Gasteiger charge is 2.29. The van der Waals surface area contributed by atoms with E-state index in [1.54, 1.807) is 0 Å². The molecule has 0 amide bonds. The van der Waals surface area contributed by atoms with Gasteiger partial charge in [0.25, 0.3) is 0 Å². The molecule has 1 aliphatic rings. The van der Waals surface area contributed by atoms with Crippen LogP contribution in [0.4, 0.5) is 0 Å². The van der Waals surface area contributed by atoms with Crippen molar-refractivity contribution in [2.45, 2.75) is 25.3 Å². The van der Waals surface area contributed by atoms with Crippen LogP contribution in [0.5, 0.6) is 11.5 Å². The number of hydrogen-bond acceptors (Lipinski definition) is 5. The van der Waals surface area contributed by atoms with Gasteiger partial charge in [0, 0.05) is 6.42 Å². The summed E-state index contributed by atoms with van der Waals surface area (Å²) in [6.45, 7) is 3.27. The van der Waals surface area contributed by atoms with Crippen LogP contribution in [-0.2, 0) is 15.1 Å². The van der Waals surface area contributed by atoms with E-state index in [4.69, 9.17) is 14.2 Å². The summed E-state index contributed by atoms with van der Waals surface area (Å²) in [6, 6.07) is 5.77. The van der Waals surface area contributed by atoms with Gasteiger partial charge in [-0.3, -0.25) is 4.79 Å². The van der Waals surface area contributed by atoms with Gasteiger partial charge in [-0.25, -0.2) is 0 Å². The van der Waals surface area contributed by atoms with Gasteiger partial charge in [0.2, 0.25) is 0 Å². The second kappa shape index (κ2) is 6.13. The third-order valence-electron chi connectivity index (χ3n) is 3.66. The molecule has 1 aliphatic heterocycles. The van der Waals surface area contributed by atoms with Crippen LogP contribution in [0, 0.1) is 0 Å². The lowest BCUT2D eigenvalue weighted by Gasteiger charge is -2.29. The Morgan fingerprint density at radius 3 is 2.70 bits per heavy atom. The number of ether oxygens (including phenoxy) is 3. The lowest BCUT2D eigenvalue weighted by Crippen LogP contribution is -2.39. The molecule has 1 aromatic carbocycles. The van der Waals surface area contributed by atoms with Gasteiger partial charge in [-0.05, 0) is 31.7 Å². The standard InChI is InChI=1S/C15H21NO4/c1-15(16-2,10-14(17)18-3)11-5-6-12-13(9-11)20-8-4-7-19-12/h5-6,9,16H,4,7-8,10H2,1-3H3. The zero-order valence-electron chi connectivity index (χ0n) is 12.2. The quantitative estimate of drug-likeness (QED) is 0.852. The first kappa shape index (κ1) is 14.7. The van der Waals surface area contributed by atoms with Gasteiger partial charge in [0.15, 0.2) is 11.5 Å². The van der Waals surface area contributed by atoms with Gasteiger partial charge in [-0.15, -0.1) is 0 Å². The van der Waals surface area contributed by atoms with Gasteiger partial charge in [-0.1, -0.05) is 6.07 Å². The summed E-state index contributed by atoms with van der Waals surface area (Å²) >= 11 is 0. The van der Waals surface area contributed by atoms with E-state index in [1.807, 2.05) is 32.2 Å². The van der Waals surface area contributed by atoms with Crippen molar-refractivity contribution in [2.24, 2.45) is 0 Å². The maximum absolute atomic E-state index is 11.6. The minimum absolute atomic E-state index is 0.250. The van der Waals surface area contributed by atoms with E-state index in [1.165, 1.54) is 7.11 Å². The summed E-state index contributed by atoms with van der Waals surface area (Å²) in [4.78, 5) is 11.6. The molecule has 1 aromatic rings. The van der Waals surface area contributed by atoms with Gasteiger partial charge >= 0.3 is 5.97 Å². The number of rotatable bonds is 4. The Bertz CT molecular complexity index is 489. The highest BCUT2D eigenvalue weighted by atomic mass is 16.5. The van der Waals surface area contributed by atoms with Crippen molar-refractivity contribution in [1.29, 1.82) is 0 Å². The fraction of sp³-hybridized carbons (Fsp3) is 0.533. The summed E-state index contributed by atoms with van der Waals surface area (Å²) < 4.78 is 16.1. The van der Waals surface area contributed by atoms with Gasteiger partial charge in [0.1, 0.15) is 0 Å². The predicted octanol–water partition coefficient (Wildman–Crippen LogP) is 1.85. The van der Waals surface area contributed by atoms with E-state index >= 15 is 0 Å². The molecule has 1 N–H and O–H groups in total. The molecule has 5 heteroatoms. The van der Waals surface area contributed by atoms with Crippen LogP contribution >= 0.6 is 0 Å². The molecule has 1 heterocycles. The Kier molecular flexibility index (Phi) is 4.49. The summed E-state index contributed by atoms with van der Waals surface area (Å²) in [6.07, 6.45) is 1.12. The molecular weight excluding hydrogens is 258 g/mol. The third-order valence-corrected chi connectivity index (χ3v) is 3.66. The van der Waals surface area contributed by atoms with E-state index in [0.717, 1.165) is 23.5 Å². The van der Waals surface area contributed by atoms with Crippen LogP contribution in [0.15, 0.2) is 18.2 Å². The summed E-state index contributed by atoms with van der Waals surface area (Å²) in [5.74, 6) is 1.23. The Morgan fingerprint density at radius 2 is 2.05 bits per heavy atom. The van der Waals surface area contributed by atoms with Crippen molar-refractivity contribution in [3.05, 3.63) is 23.8 Å². The maximum atomic E-state index is 11.6. The number of hydrogen-bond donors (Lipinski definition) is 1. The van der Waals surface area contributed by atoms with Crippen LogP contribution in [0.3, 0.4) is 0 Å². The first-order valence-corrected chi connectivity index (χ1v) is 6.75. The minimum Gasteiger partial charge on any atom is -0.490 e. The SMILES string of the molecule is CNC(C)(CC(=O)OC)c1ccc2c(c1)OCCCO2. The Hall–Kier alpha value is -1.75. The fourth-order valence-corrected chi connectivity index (χ4v) is 2.20. The minimum atomic E-state index is -0.502. The van der Waals surface area contributed by atoms with E-state index in [2.05, 4.69) is 5.32 Å². The normalized spacial score (nSPS) is 16.9. The molecule has 0 bridgehead atoms. The Morgan fingerprint density at radius 1 is 1.35 bits per heavy atom. The third kappa shape index (κ3) is 3.04. The zero-order valence-corrected chi connectivity index (χ0v) is 12.2. The molecule has 2 rings (SSSR count). The summed E-state index contributed by atoms with van der Waals surface area (Å²) in [5, 5.41) is 3.19. The largest absolute Gasteiger partial charge is 0.490 e. The molecule has 0 spiro atoms. The second-order valence-electron chi connectivity index (χ2n) is 5.05. The van der Waals surface area contributed by atoms with Crippen molar-refractivity contribution >= 4 is 5.97 Å². The molecule has 0 saturated heterocycles. The van der Waals surface area contributed by atoms with Crippen LogP contribution in [0.1, 0.15) is 25.3 Å². The summed E-state index contributed by atoms with van der Waals surface area (Å²) in [5.41, 5.74) is 0.465. The van der Waals surface area contributed by atoms with Gasteiger partial charge in [0.05, 0.1) is 32.3 Å². The molecule has 1 unspecified atom stereocenters. The molecule has 0 radical (unpaired) electrons. The van der Waals surface area contributed by atoms with Crippen molar-refractivity contribution in [1.82, 2.24) is 5.32 Å². The van der Waals surface area contributed by atoms with Crippen LogP contribution < -0.4 is 14.8 Å². The number of carbonyl (C=O) groups is 1. The highest BCUT2D eigenvalue weighted by Crippen LogP contribution is 2.35. The van der Waals surface area contributed by atoms with E-state index in [9.17, 15) is 4.79 Å². The molecule has 0 aromatic heterocycles. The second-order valence-corrected chi connectivity index (χ2v) is 5.05. The van der Waals surface area contributed by atoms with Crippen molar-refractivity contribution in [2.75, 3.05) is 27.4 Å². The number of methoxy groups -OCH3 is 1. The Balaban J connectivity index is 2.30. The monoisotopic (exact) mass is 279 g/mol. The van der Waals surface area contributed by atoms with Gasteiger partial charge < -0.3 is 19.5 Å². The number of esters is 1. The van der Waals surface area contributed by atoms with Crippen LogP contribution in [-0.4, -0.2) is 33.3 Å². The number of fused-ring (bicyclic) bond motifs is 1. The molecule has 0 fully saturated rings. The Labute approximate surface area is 119 Å². The zero-order chi connectivity index (χ0) is 14.6. The maximum Gasteiger partial charge on any atom is 0.307 e. The molecule has 5 nitrogen and oxygen atoms in total. The van der Waals surface area contributed by atoms with Crippen molar-refractivity contribution in [3.63, 3.8) is 0 Å². The fourth-order valence-electron chi connectivity index (χ4n) is 2.20. The molecule has 0 aliphatic carbocycles. The van der Waals surface area contributed by atoms with Crippen LogP contribution in [0.2, 0.25) is 0 Å². The molecule has 20 heavy (non-hydrogen) atoms. The van der Waals surface area contributed by atoms with E-state index in [-0.39, 0.29) is 12.4 Å². The van der Waals surface area contributed by atoms with Crippen molar-refractivity contribution in [3.8, 4) is 11.5 Å². The highest BCUT2D eigenvalue weighted by molar-refractivity contribution is 5.71. The predicted molar refractivity (Wildman–Crippen MR) is 75.1 cm³/mol. The number of nitrogens with one attached hydrogen (secondary N) is 1. The molecule has 0 saturated carbocycles. The van der Waals surface area contributed by atoms with Gasteiger partial charge in [-0.2, -0.15) is 0 Å². The molecule has 1 atom stereocenters. The van der Waals surface area contributed by atoms with E-state index in [0.29, 0.717) is 13.2 Å². The topological polar surface area (TPSA) is 56.8 Å². The average Bonchev–Trinajstić information content (AvgIpc) is 2.71. The van der Waals surface area contributed by atoms with Crippen LogP contribution in [0.25, 0.3) is 0 Å². The first-order chi connectivity index (χ1) is 9.59. The van der Waals surface area contributed by atoms with Crippen molar-refractivity contribution < 1.29 is 19.0 Å². The smallest absolute Gasteiger partial charge is 0.307 e. The average molecular weight is 279 g/mol. The lowest BCUT2D eigenvalue weighted by molar-refractivity contribution is -0.142. The summed E-state index contributed by atoms with van der Waals surface area (Å²) in [7, 11) is 3.22. The van der Waals surface area contributed by atoms with E-state index < -0.39 is 5.54 Å². The molecular formula is C15H21NO4. The lowest BCUT2D eigenvalue weighted by atomic mass is 9.88.